The summed E-state index contributed by atoms with van der Waals surface area (Å²) in [6.07, 6.45) is 5.51. The quantitative estimate of drug-likeness (QED) is 0.636. The predicted molar refractivity (Wildman–Crippen MR) is 66.8 cm³/mol. The maximum Gasteiger partial charge on any atom is 0.267 e. The Morgan fingerprint density at radius 2 is 2.07 bits per heavy atom. The fourth-order valence-corrected chi connectivity index (χ4v) is 1.70. The van der Waals surface area contributed by atoms with Crippen LogP contribution in [0.1, 0.15) is 25.7 Å². The number of nitrogens with zero attached hydrogens (tertiary/aromatic N) is 2. The van der Waals surface area contributed by atoms with E-state index in [1.165, 1.54) is 4.68 Å². The maximum absolute atomic E-state index is 11.4. The monoisotopic (exact) mass is 322 g/mol. The minimum Gasteiger partial charge on any atom is -0.396 e. The van der Waals surface area contributed by atoms with E-state index in [0.29, 0.717) is 6.54 Å². The lowest BCUT2D eigenvalue weighted by atomic mass is 10.2. The van der Waals surface area contributed by atoms with Crippen LogP contribution in [0.5, 0.6) is 0 Å². The summed E-state index contributed by atoms with van der Waals surface area (Å²) >= 11 is 2.07. The van der Waals surface area contributed by atoms with Gasteiger partial charge in [0.05, 0.1) is 6.20 Å². The second-order valence-corrected chi connectivity index (χ2v) is 4.62. The van der Waals surface area contributed by atoms with Gasteiger partial charge in [0.2, 0.25) is 0 Å². The molecule has 0 saturated heterocycles. The Morgan fingerprint density at radius 1 is 1.33 bits per heavy atom. The normalized spacial score (nSPS) is 10.5. The minimum atomic E-state index is -0.0379. The van der Waals surface area contributed by atoms with Crippen LogP contribution >= 0.6 is 22.6 Å². The molecule has 1 aromatic rings. The molecule has 0 spiro atoms. The van der Waals surface area contributed by atoms with Crippen LogP contribution in [0.2, 0.25) is 0 Å². The first-order valence-corrected chi connectivity index (χ1v) is 6.15. The molecule has 84 valence electrons. The van der Waals surface area contributed by atoms with Crippen LogP contribution in [-0.2, 0) is 6.54 Å². The zero-order chi connectivity index (χ0) is 11.1. The molecule has 5 heteroatoms. The molecular formula is C10H15IN2O2. The largest absolute Gasteiger partial charge is 0.396 e. The van der Waals surface area contributed by atoms with Crippen molar-refractivity contribution in [2.45, 2.75) is 32.2 Å². The van der Waals surface area contributed by atoms with Crippen molar-refractivity contribution in [2.24, 2.45) is 0 Å². The molecule has 1 N–H and O–H groups in total. The summed E-state index contributed by atoms with van der Waals surface area (Å²) in [5, 5.41) is 12.6. The molecule has 1 rings (SSSR count). The molecule has 15 heavy (non-hydrogen) atoms. The summed E-state index contributed by atoms with van der Waals surface area (Å²) in [6, 6.07) is 1.58. The van der Waals surface area contributed by atoms with Crippen molar-refractivity contribution in [1.82, 2.24) is 9.78 Å². The fourth-order valence-electron chi connectivity index (χ4n) is 1.31. The molecule has 0 aromatic carbocycles. The van der Waals surface area contributed by atoms with Crippen LogP contribution in [0.4, 0.5) is 0 Å². The average Bonchev–Trinajstić information content (AvgIpc) is 2.20. The number of aryl methyl sites for hydroxylation is 1. The van der Waals surface area contributed by atoms with Crippen LogP contribution in [0.25, 0.3) is 0 Å². The number of rotatable bonds is 6. The lowest BCUT2D eigenvalue weighted by Crippen LogP contribution is -2.22. The highest BCUT2D eigenvalue weighted by Crippen LogP contribution is 2.01. The lowest BCUT2D eigenvalue weighted by molar-refractivity contribution is 0.282. The van der Waals surface area contributed by atoms with E-state index in [4.69, 9.17) is 5.11 Å². The molecule has 0 bridgehead atoms. The molecule has 0 unspecified atom stereocenters. The van der Waals surface area contributed by atoms with Gasteiger partial charge in [-0.3, -0.25) is 4.79 Å². The number of hydrogen-bond donors (Lipinski definition) is 1. The first kappa shape index (κ1) is 12.6. The van der Waals surface area contributed by atoms with Crippen LogP contribution in [0, 0.1) is 3.57 Å². The topological polar surface area (TPSA) is 55.1 Å². The first-order valence-electron chi connectivity index (χ1n) is 5.07. The second kappa shape index (κ2) is 6.95. The lowest BCUT2D eigenvalue weighted by Gasteiger charge is -2.03. The summed E-state index contributed by atoms with van der Waals surface area (Å²) in [5.41, 5.74) is -0.0379. The van der Waals surface area contributed by atoms with E-state index in [2.05, 4.69) is 27.7 Å². The Morgan fingerprint density at radius 3 is 2.73 bits per heavy atom. The van der Waals surface area contributed by atoms with Gasteiger partial charge in [0.1, 0.15) is 0 Å². The van der Waals surface area contributed by atoms with Crippen molar-refractivity contribution in [3.05, 3.63) is 26.2 Å². The average molecular weight is 322 g/mol. The maximum atomic E-state index is 11.4. The predicted octanol–water partition coefficient (Wildman–Crippen LogP) is 1.40. The van der Waals surface area contributed by atoms with Gasteiger partial charge in [-0.25, -0.2) is 4.68 Å². The highest BCUT2D eigenvalue weighted by molar-refractivity contribution is 14.1. The third-order valence-electron chi connectivity index (χ3n) is 2.11. The van der Waals surface area contributed by atoms with Gasteiger partial charge in [0, 0.05) is 22.8 Å². The Bertz CT molecular complexity index is 352. The molecule has 0 atom stereocenters. The van der Waals surface area contributed by atoms with Crippen LogP contribution in [0.15, 0.2) is 17.1 Å². The number of halogens is 1. The van der Waals surface area contributed by atoms with Crippen LogP contribution in [-0.4, -0.2) is 21.5 Å². The molecule has 1 aromatic heterocycles. The minimum absolute atomic E-state index is 0.0379. The fraction of sp³-hybridized carbons (Fsp3) is 0.600. The smallest absolute Gasteiger partial charge is 0.267 e. The van der Waals surface area contributed by atoms with Crippen molar-refractivity contribution in [3.8, 4) is 0 Å². The number of aromatic nitrogens is 2. The Hall–Kier alpha value is -0.430. The van der Waals surface area contributed by atoms with E-state index in [9.17, 15) is 4.79 Å². The Labute approximate surface area is 102 Å². The molecular weight excluding hydrogens is 307 g/mol. The highest BCUT2D eigenvalue weighted by atomic mass is 127. The summed E-state index contributed by atoms with van der Waals surface area (Å²) < 4.78 is 2.36. The summed E-state index contributed by atoms with van der Waals surface area (Å²) in [6.45, 7) is 0.920. The standard InChI is InChI=1S/C10H15IN2O2/c11-9-7-10(15)13(12-8-9)5-3-1-2-4-6-14/h7-8,14H,1-6H2. The van der Waals surface area contributed by atoms with Crippen molar-refractivity contribution in [1.29, 1.82) is 0 Å². The molecule has 0 saturated carbocycles. The van der Waals surface area contributed by atoms with Crippen LogP contribution in [0.3, 0.4) is 0 Å². The number of hydrogen-bond acceptors (Lipinski definition) is 3. The third kappa shape index (κ3) is 4.74. The first-order chi connectivity index (χ1) is 7.24. The molecule has 4 nitrogen and oxygen atoms in total. The molecule has 0 fully saturated rings. The van der Waals surface area contributed by atoms with E-state index >= 15 is 0 Å². The van der Waals surface area contributed by atoms with Gasteiger partial charge in [-0.15, -0.1) is 0 Å². The molecule has 0 aliphatic carbocycles. The van der Waals surface area contributed by atoms with E-state index in [0.717, 1.165) is 29.3 Å². The van der Waals surface area contributed by atoms with Gasteiger partial charge in [0.15, 0.2) is 0 Å². The zero-order valence-corrected chi connectivity index (χ0v) is 10.7. The highest BCUT2D eigenvalue weighted by Gasteiger charge is 1.97. The van der Waals surface area contributed by atoms with E-state index < -0.39 is 0 Å². The number of aliphatic hydroxyl groups excluding tert-OH is 1. The zero-order valence-electron chi connectivity index (χ0n) is 8.53. The molecule has 1 heterocycles. The van der Waals surface area contributed by atoms with E-state index in [-0.39, 0.29) is 12.2 Å². The Balaban J connectivity index is 2.34. The van der Waals surface area contributed by atoms with E-state index in [1.54, 1.807) is 12.3 Å². The van der Waals surface area contributed by atoms with Gasteiger partial charge in [-0.05, 0) is 35.4 Å². The summed E-state index contributed by atoms with van der Waals surface area (Å²) in [7, 11) is 0. The second-order valence-electron chi connectivity index (χ2n) is 3.37. The molecule has 0 aliphatic heterocycles. The van der Waals surface area contributed by atoms with Crippen molar-refractivity contribution in [2.75, 3.05) is 6.61 Å². The van der Waals surface area contributed by atoms with Crippen molar-refractivity contribution >= 4 is 22.6 Å². The number of aliphatic hydroxyl groups is 1. The van der Waals surface area contributed by atoms with Crippen LogP contribution < -0.4 is 5.56 Å². The van der Waals surface area contributed by atoms with Gasteiger partial charge in [-0.2, -0.15) is 5.10 Å². The van der Waals surface area contributed by atoms with Gasteiger partial charge in [0.25, 0.3) is 5.56 Å². The SMILES string of the molecule is O=c1cc(I)cnn1CCCCCCO. The Kier molecular flexibility index (Phi) is 5.85. The molecule has 0 aliphatic rings. The summed E-state index contributed by atoms with van der Waals surface area (Å²) in [4.78, 5) is 11.4. The van der Waals surface area contributed by atoms with Gasteiger partial charge in [-0.1, -0.05) is 12.8 Å². The summed E-state index contributed by atoms with van der Waals surface area (Å²) in [5.74, 6) is 0. The van der Waals surface area contributed by atoms with Crippen molar-refractivity contribution < 1.29 is 5.11 Å². The number of unbranched alkanes of at least 4 members (excludes halogenated alkanes) is 3. The van der Waals surface area contributed by atoms with Crippen molar-refractivity contribution in [3.63, 3.8) is 0 Å². The van der Waals surface area contributed by atoms with E-state index in [1.807, 2.05) is 0 Å². The third-order valence-corrected chi connectivity index (χ3v) is 2.70. The molecule has 0 radical (unpaired) electrons. The molecule has 0 amide bonds. The van der Waals surface area contributed by atoms with Gasteiger partial charge < -0.3 is 5.11 Å². The van der Waals surface area contributed by atoms with Gasteiger partial charge >= 0.3 is 0 Å².